The van der Waals surface area contributed by atoms with E-state index in [0.29, 0.717) is 0 Å². The number of rotatable bonds is 3. The SMILES string of the molecule is O=C(O)/C=C/c1ccc(-c2nc3c(s2)CCC3)cc1. The Morgan fingerprint density at radius 2 is 2.05 bits per heavy atom. The van der Waals surface area contributed by atoms with Gasteiger partial charge in [0.15, 0.2) is 0 Å². The number of aryl methyl sites for hydroxylation is 2. The van der Waals surface area contributed by atoms with E-state index in [2.05, 4.69) is 4.98 Å². The van der Waals surface area contributed by atoms with Crippen LogP contribution in [0.1, 0.15) is 22.6 Å². The molecular formula is C15H13NO2S. The molecule has 2 aromatic rings. The minimum Gasteiger partial charge on any atom is -0.478 e. The highest BCUT2D eigenvalue weighted by molar-refractivity contribution is 7.15. The van der Waals surface area contributed by atoms with Gasteiger partial charge in [0.1, 0.15) is 5.01 Å². The Balaban J connectivity index is 1.83. The Morgan fingerprint density at radius 3 is 2.74 bits per heavy atom. The molecule has 3 nitrogen and oxygen atoms in total. The summed E-state index contributed by atoms with van der Waals surface area (Å²) in [5.74, 6) is -0.930. The molecule has 0 saturated carbocycles. The molecule has 1 aromatic heterocycles. The van der Waals surface area contributed by atoms with Crippen molar-refractivity contribution in [2.75, 3.05) is 0 Å². The van der Waals surface area contributed by atoms with E-state index in [9.17, 15) is 4.79 Å². The van der Waals surface area contributed by atoms with Crippen molar-refractivity contribution < 1.29 is 9.90 Å². The molecule has 0 radical (unpaired) electrons. The first-order valence-electron chi connectivity index (χ1n) is 6.22. The van der Waals surface area contributed by atoms with Gasteiger partial charge in [0.2, 0.25) is 0 Å². The molecule has 0 bridgehead atoms. The molecular weight excluding hydrogens is 258 g/mol. The number of aliphatic carboxylic acids is 1. The molecule has 0 spiro atoms. The van der Waals surface area contributed by atoms with Gasteiger partial charge in [-0.3, -0.25) is 0 Å². The lowest BCUT2D eigenvalue weighted by atomic mass is 10.1. The first-order valence-corrected chi connectivity index (χ1v) is 7.04. The molecule has 0 atom stereocenters. The molecule has 1 aliphatic rings. The second-order valence-electron chi connectivity index (χ2n) is 4.54. The molecule has 96 valence electrons. The fourth-order valence-electron chi connectivity index (χ4n) is 2.22. The van der Waals surface area contributed by atoms with E-state index < -0.39 is 5.97 Å². The van der Waals surface area contributed by atoms with Crippen molar-refractivity contribution in [2.45, 2.75) is 19.3 Å². The Morgan fingerprint density at radius 1 is 1.26 bits per heavy atom. The van der Waals surface area contributed by atoms with Gasteiger partial charge < -0.3 is 5.11 Å². The van der Waals surface area contributed by atoms with Crippen LogP contribution in [0, 0.1) is 0 Å². The highest BCUT2D eigenvalue weighted by Crippen LogP contribution is 2.33. The molecule has 0 saturated heterocycles. The minimum atomic E-state index is -0.930. The predicted octanol–water partition coefficient (Wildman–Crippen LogP) is 3.40. The Hall–Kier alpha value is -1.94. The van der Waals surface area contributed by atoms with E-state index in [1.54, 1.807) is 17.4 Å². The van der Waals surface area contributed by atoms with Gasteiger partial charge in [-0.25, -0.2) is 9.78 Å². The highest BCUT2D eigenvalue weighted by atomic mass is 32.1. The van der Waals surface area contributed by atoms with E-state index in [1.165, 1.54) is 17.0 Å². The van der Waals surface area contributed by atoms with Gasteiger partial charge in [0.25, 0.3) is 0 Å². The first kappa shape index (κ1) is 12.1. The second-order valence-corrected chi connectivity index (χ2v) is 5.62. The van der Waals surface area contributed by atoms with Gasteiger partial charge in [-0.1, -0.05) is 24.3 Å². The topological polar surface area (TPSA) is 50.2 Å². The lowest BCUT2D eigenvalue weighted by molar-refractivity contribution is -0.131. The molecule has 0 unspecified atom stereocenters. The Kier molecular flexibility index (Phi) is 3.17. The van der Waals surface area contributed by atoms with Crippen molar-refractivity contribution in [1.29, 1.82) is 0 Å². The molecule has 0 aliphatic heterocycles. The third-order valence-electron chi connectivity index (χ3n) is 3.17. The molecule has 19 heavy (non-hydrogen) atoms. The van der Waals surface area contributed by atoms with Gasteiger partial charge in [0, 0.05) is 16.5 Å². The quantitative estimate of drug-likeness (QED) is 0.870. The van der Waals surface area contributed by atoms with E-state index in [-0.39, 0.29) is 0 Å². The van der Waals surface area contributed by atoms with Crippen LogP contribution in [0.5, 0.6) is 0 Å². The first-order chi connectivity index (χ1) is 9.22. The van der Waals surface area contributed by atoms with Crippen LogP contribution in [0.2, 0.25) is 0 Å². The van der Waals surface area contributed by atoms with E-state index in [0.717, 1.165) is 35.1 Å². The number of carbonyl (C=O) groups is 1. The summed E-state index contributed by atoms with van der Waals surface area (Å²) in [7, 11) is 0. The van der Waals surface area contributed by atoms with Crippen molar-refractivity contribution in [1.82, 2.24) is 4.98 Å². The van der Waals surface area contributed by atoms with E-state index >= 15 is 0 Å². The zero-order valence-corrected chi connectivity index (χ0v) is 11.1. The lowest BCUT2D eigenvalue weighted by Crippen LogP contribution is -1.85. The van der Waals surface area contributed by atoms with Crippen LogP contribution in [0.25, 0.3) is 16.6 Å². The molecule has 1 aliphatic carbocycles. The third kappa shape index (κ3) is 2.58. The summed E-state index contributed by atoms with van der Waals surface area (Å²) in [5.41, 5.74) is 3.25. The van der Waals surface area contributed by atoms with Crippen LogP contribution >= 0.6 is 11.3 Å². The molecule has 1 heterocycles. The number of thiazole rings is 1. The summed E-state index contributed by atoms with van der Waals surface area (Å²) in [5, 5.41) is 9.65. The van der Waals surface area contributed by atoms with Crippen LogP contribution in [0.4, 0.5) is 0 Å². The maximum Gasteiger partial charge on any atom is 0.328 e. The van der Waals surface area contributed by atoms with Crippen LogP contribution in [-0.4, -0.2) is 16.1 Å². The van der Waals surface area contributed by atoms with Crippen LogP contribution in [-0.2, 0) is 17.6 Å². The van der Waals surface area contributed by atoms with E-state index in [1.807, 2.05) is 24.3 Å². The number of carboxylic acids is 1. The number of carboxylic acid groups (broad SMARTS) is 1. The second kappa shape index (κ2) is 4.97. The van der Waals surface area contributed by atoms with Crippen molar-refractivity contribution in [2.24, 2.45) is 0 Å². The van der Waals surface area contributed by atoms with Crippen molar-refractivity contribution in [3.8, 4) is 10.6 Å². The molecule has 1 N–H and O–H groups in total. The van der Waals surface area contributed by atoms with Crippen molar-refractivity contribution in [3.63, 3.8) is 0 Å². The molecule has 0 amide bonds. The number of benzene rings is 1. The number of hydrogen-bond acceptors (Lipinski definition) is 3. The third-order valence-corrected chi connectivity index (χ3v) is 4.38. The summed E-state index contributed by atoms with van der Waals surface area (Å²) in [6.07, 6.45) is 6.23. The van der Waals surface area contributed by atoms with Gasteiger partial charge in [-0.05, 0) is 30.9 Å². The van der Waals surface area contributed by atoms with Crippen LogP contribution in [0.3, 0.4) is 0 Å². The number of hydrogen-bond donors (Lipinski definition) is 1. The Labute approximate surface area is 115 Å². The minimum absolute atomic E-state index is 0.884. The molecule has 1 aromatic carbocycles. The van der Waals surface area contributed by atoms with Crippen molar-refractivity contribution >= 4 is 23.4 Å². The maximum atomic E-state index is 10.4. The van der Waals surface area contributed by atoms with Gasteiger partial charge in [0.05, 0.1) is 5.69 Å². The monoisotopic (exact) mass is 271 g/mol. The Bertz CT molecular complexity index is 619. The molecule has 3 rings (SSSR count). The summed E-state index contributed by atoms with van der Waals surface area (Å²) < 4.78 is 0. The average Bonchev–Trinajstić information content (AvgIpc) is 2.97. The number of aromatic nitrogens is 1. The highest BCUT2D eigenvalue weighted by Gasteiger charge is 2.17. The summed E-state index contributed by atoms with van der Waals surface area (Å²) in [6, 6.07) is 7.83. The van der Waals surface area contributed by atoms with Crippen LogP contribution in [0.15, 0.2) is 30.3 Å². The zero-order chi connectivity index (χ0) is 13.2. The largest absolute Gasteiger partial charge is 0.478 e. The molecule has 4 heteroatoms. The van der Waals surface area contributed by atoms with Gasteiger partial charge >= 0.3 is 5.97 Å². The fourth-order valence-corrected chi connectivity index (χ4v) is 3.37. The summed E-state index contributed by atoms with van der Waals surface area (Å²) >= 11 is 1.78. The number of fused-ring (bicyclic) bond motifs is 1. The summed E-state index contributed by atoms with van der Waals surface area (Å²) in [6.45, 7) is 0. The fraction of sp³-hybridized carbons (Fsp3) is 0.200. The van der Waals surface area contributed by atoms with E-state index in [4.69, 9.17) is 5.11 Å². The standard InChI is InChI=1S/C15H13NO2S/c17-14(18)9-6-10-4-7-11(8-5-10)15-16-12-2-1-3-13(12)19-15/h4-9H,1-3H2,(H,17,18)/b9-6+. The lowest BCUT2D eigenvalue weighted by Gasteiger charge is -1.98. The van der Waals surface area contributed by atoms with Gasteiger partial charge in [-0.15, -0.1) is 11.3 Å². The normalized spacial score (nSPS) is 13.9. The number of nitrogens with zero attached hydrogens (tertiary/aromatic N) is 1. The average molecular weight is 271 g/mol. The van der Waals surface area contributed by atoms with Crippen LogP contribution < -0.4 is 0 Å². The summed E-state index contributed by atoms with van der Waals surface area (Å²) in [4.78, 5) is 16.5. The van der Waals surface area contributed by atoms with Crippen molar-refractivity contribution in [3.05, 3.63) is 46.5 Å². The molecule has 0 fully saturated rings. The predicted molar refractivity (Wildman–Crippen MR) is 76.2 cm³/mol. The smallest absolute Gasteiger partial charge is 0.328 e. The maximum absolute atomic E-state index is 10.4. The zero-order valence-electron chi connectivity index (χ0n) is 10.3. The van der Waals surface area contributed by atoms with Gasteiger partial charge in [-0.2, -0.15) is 0 Å².